The van der Waals surface area contributed by atoms with Crippen molar-refractivity contribution in [1.29, 1.82) is 0 Å². The molecule has 9 heteroatoms. The van der Waals surface area contributed by atoms with Crippen molar-refractivity contribution in [2.45, 2.75) is 29.6 Å². The Bertz CT molecular complexity index is 707. The number of fused-ring (bicyclic) bond motifs is 1. The van der Waals surface area contributed by atoms with E-state index in [4.69, 9.17) is 9.47 Å². The van der Waals surface area contributed by atoms with Crippen molar-refractivity contribution in [2.24, 2.45) is 11.8 Å². The monoisotopic (exact) mass is 365 g/mol. The molecule has 0 bridgehead atoms. The lowest BCUT2D eigenvalue weighted by molar-refractivity contribution is -0.137. The van der Waals surface area contributed by atoms with Crippen LogP contribution in [0.3, 0.4) is 0 Å². The normalized spacial score (nSPS) is 30.0. The molecular weight excluding hydrogens is 347 g/mol. The molecule has 4 atom stereocenters. The van der Waals surface area contributed by atoms with Gasteiger partial charge in [-0.2, -0.15) is 13.2 Å². The fraction of sp³-hybridized carbons (Fsp3) is 0.600. The highest BCUT2D eigenvalue weighted by Gasteiger charge is 2.55. The van der Waals surface area contributed by atoms with Crippen molar-refractivity contribution in [1.82, 2.24) is 4.72 Å². The lowest BCUT2D eigenvalue weighted by atomic mass is 9.68. The zero-order valence-electron chi connectivity index (χ0n) is 12.9. The minimum atomic E-state index is -4.59. The fourth-order valence-corrected chi connectivity index (χ4v) is 4.87. The van der Waals surface area contributed by atoms with Gasteiger partial charge in [-0.1, -0.05) is 6.07 Å². The molecule has 2 aliphatic rings. The van der Waals surface area contributed by atoms with Gasteiger partial charge in [0, 0.05) is 31.6 Å². The van der Waals surface area contributed by atoms with Crippen LogP contribution in [-0.4, -0.2) is 40.9 Å². The van der Waals surface area contributed by atoms with Gasteiger partial charge < -0.3 is 9.47 Å². The third-order valence-corrected chi connectivity index (χ3v) is 6.11. The van der Waals surface area contributed by atoms with Gasteiger partial charge >= 0.3 is 6.18 Å². The molecule has 1 saturated heterocycles. The highest BCUT2D eigenvalue weighted by Crippen LogP contribution is 2.44. The Balaban J connectivity index is 1.81. The Morgan fingerprint density at radius 1 is 1.38 bits per heavy atom. The second-order valence-corrected chi connectivity index (χ2v) is 7.79. The van der Waals surface area contributed by atoms with E-state index in [1.807, 2.05) is 0 Å². The van der Waals surface area contributed by atoms with Crippen molar-refractivity contribution in [2.75, 3.05) is 20.3 Å². The van der Waals surface area contributed by atoms with Crippen LogP contribution in [0.25, 0.3) is 0 Å². The third-order valence-electron chi connectivity index (χ3n) is 4.65. The summed E-state index contributed by atoms with van der Waals surface area (Å²) >= 11 is 0. The molecule has 0 amide bonds. The van der Waals surface area contributed by atoms with Gasteiger partial charge in [0.25, 0.3) is 0 Å². The average Bonchev–Trinajstić information content (AvgIpc) is 2.94. The van der Waals surface area contributed by atoms with Gasteiger partial charge in [-0.3, -0.25) is 0 Å². The summed E-state index contributed by atoms with van der Waals surface area (Å²) in [5, 5.41) is 0. The van der Waals surface area contributed by atoms with E-state index in [2.05, 4.69) is 4.72 Å². The molecule has 1 aromatic carbocycles. The Morgan fingerprint density at radius 2 is 2.12 bits per heavy atom. The van der Waals surface area contributed by atoms with E-state index in [1.54, 1.807) is 0 Å². The second kappa shape index (κ2) is 6.29. The SMILES string of the molecule is COC[C@H]1[C@@H](NS(=O)(=O)c2cccc(C(F)(F)F)c2)[C@H]2CCO[C@H]21. The smallest absolute Gasteiger partial charge is 0.384 e. The minimum Gasteiger partial charge on any atom is -0.384 e. The highest BCUT2D eigenvalue weighted by molar-refractivity contribution is 7.89. The number of hydrogen-bond acceptors (Lipinski definition) is 4. The second-order valence-electron chi connectivity index (χ2n) is 6.08. The molecule has 134 valence electrons. The van der Waals surface area contributed by atoms with E-state index in [1.165, 1.54) is 7.11 Å². The summed E-state index contributed by atoms with van der Waals surface area (Å²) in [6.45, 7) is 0.883. The topological polar surface area (TPSA) is 64.6 Å². The molecule has 24 heavy (non-hydrogen) atoms. The van der Waals surface area contributed by atoms with E-state index in [0.29, 0.717) is 19.3 Å². The number of halogens is 3. The fourth-order valence-electron chi connectivity index (χ4n) is 3.48. The van der Waals surface area contributed by atoms with Crippen LogP contribution >= 0.6 is 0 Å². The van der Waals surface area contributed by atoms with Crippen LogP contribution in [0, 0.1) is 11.8 Å². The maximum Gasteiger partial charge on any atom is 0.416 e. The van der Waals surface area contributed by atoms with Gasteiger partial charge in [0.2, 0.25) is 10.0 Å². The van der Waals surface area contributed by atoms with Gasteiger partial charge in [-0.05, 0) is 24.6 Å². The molecule has 1 aromatic rings. The number of hydrogen-bond donors (Lipinski definition) is 1. The molecule has 1 aliphatic heterocycles. The number of alkyl halides is 3. The first-order chi connectivity index (χ1) is 11.2. The Hall–Kier alpha value is -1.16. The molecule has 0 unspecified atom stereocenters. The summed E-state index contributed by atoms with van der Waals surface area (Å²) < 4.78 is 76.6. The minimum absolute atomic E-state index is 0.0331. The summed E-state index contributed by atoms with van der Waals surface area (Å²) in [6, 6.07) is 3.35. The molecule has 1 heterocycles. The van der Waals surface area contributed by atoms with E-state index >= 15 is 0 Å². The van der Waals surface area contributed by atoms with Crippen LogP contribution < -0.4 is 4.72 Å². The van der Waals surface area contributed by atoms with Gasteiger partial charge in [-0.25, -0.2) is 13.1 Å². The standard InChI is InChI=1S/C15H18F3NO4S/c1-22-8-12-13(11-5-6-23-14(11)12)19-24(20,21)10-4-2-3-9(7-10)15(16,17)18/h2-4,7,11-14,19H,5-6,8H2,1H3/t11-,12+,13+,14-/m1/s1. The van der Waals surface area contributed by atoms with Crippen LogP contribution in [0.5, 0.6) is 0 Å². The lowest BCUT2D eigenvalue weighted by Gasteiger charge is -2.47. The predicted octanol–water partition coefficient (Wildman–Crippen LogP) is 2.03. The van der Waals surface area contributed by atoms with E-state index in [9.17, 15) is 21.6 Å². The van der Waals surface area contributed by atoms with Gasteiger partial charge in [0.05, 0.1) is 23.2 Å². The highest BCUT2D eigenvalue weighted by atomic mass is 32.2. The van der Waals surface area contributed by atoms with Gasteiger partial charge in [0.1, 0.15) is 0 Å². The quantitative estimate of drug-likeness (QED) is 0.867. The van der Waals surface area contributed by atoms with Crippen molar-refractivity contribution >= 4 is 10.0 Å². The summed E-state index contributed by atoms with van der Waals surface area (Å²) in [7, 11) is -2.54. The number of methoxy groups -OCH3 is 1. The molecule has 0 aromatic heterocycles. The maximum atomic E-state index is 12.8. The summed E-state index contributed by atoms with van der Waals surface area (Å²) in [5.74, 6) is -0.103. The lowest BCUT2D eigenvalue weighted by Crippen LogP contribution is -2.62. The van der Waals surface area contributed by atoms with Crippen LogP contribution in [0.2, 0.25) is 0 Å². The number of ether oxygens (including phenoxy) is 2. The van der Waals surface area contributed by atoms with E-state index < -0.39 is 32.7 Å². The van der Waals surface area contributed by atoms with Crippen LogP contribution in [0.1, 0.15) is 12.0 Å². The summed E-state index contributed by atoms with van der Waals surface area (Å²) in [4.78, 5) is -0.393. The molecule has 1 aliphatic carbocycles. The number of benzene rings is 1. The van der Waals surface area contributed by atoms with Crippen LogP contribution in [0.15, 0.2) is 29.2 Å². The predicted molar refractivity (Wildman–Crippen MR) is 78.8 cm³/mol. The Labute approximate surface area is 138 Å². The Kier molecular flexibility index (Phi) is 4.63. The molecule has 3 rings (SSSR count). The maximum absolute atomic E-state index is 12.8. The zero-order valence-corrected chi connectivity index (χ0v) is 13.7. The first-order valence-corrected chi connectivity index (χ1v) is 9.02. The Morgan fingerprint density at radius 3 is 2.79 bits per heavy atom. The molecule has 5 nitrogen and oxygen atoms in total. The summed E-state index contributed by atoms with van der Waals surface area (Å²) in [5.41, 5.74) is -0.991. The van der Waals surface area contributed by atoms with Gasteiger partial charge in [-0.15, -0.1) is 0 Å². The first-order valence-electron chi connectivity index (χ1n) is 7.54. The number of rotatable bonds is 5. The first kappa shape index (κ1) is 17.7. The van der Waals surface area contributed by atoms with Gasteiger partial charge in [0.15, 0.2) is 0 Å². The van der Waals surface area contributed by atoms with Crippen molar-refractivity contribution in [3.05, 3.63) is 29.8 Å². The average molecular weight is 365 g/mol. The molecule has 1 saturated carbocycles. The molecule has 2 fully saturated rings. The van der Waals surface area contributed by atoms with Crippen molar-refractivity contribution < 1.29 is 31.1 Å². The van der Waals surface area contributed by atoms with E-state index in [0.717, 1.165) is 24.6 Å². The largest absolute Gasteiger partial charge is 0.416 e. The number of nitrogens with one attached hydrogen (secondary N) is 1. The molecule has 0 spiro atoms. The van der Waals surface area contributed by atoms with Crippen molar-refractivity contribution in [3.63, 3.8) is 0 Å². The molecule has 1 N–H and O–H groups in total. The zero-order chi connectivity index (χ0) is 17.5. The van der Waals surface area contributed by atoms with E-state index in [-0.39, 0.29) is 17.9 Å². The summed E-state index contributed by atoms with van der Waals surface area (Å²) in [6.07, 6.45) is -3.93. The van der Waals surface area contributed by atoms with Crippen LogP contribution in [0.4, 0.5) is 13.2 Å². The van der Waals surface area contributed by atoms with Crippen molar-refractivity contribution in [3.8, 4) is 0 Å². The van der Waals surface area contributed by atoms with Crippen LogP contribution in [-0.2, 0) is 25.7 Å². The molecular formula is C15H18F3NO4S. The third kappa shape index (κ3) is 3.17. The number of sulfonamides is 1. The molecule has 0 radical (unpaired) electrons.